The molecular formula is C29H27ClN4O2. The van der Waals surface area contributed by atoms with Crippen molar-refractivity contribution in [3.05, 3.63) is 94.3 Å². The van der Waals surface area contributed by atoms with Gasteiger partial charge in [-0.25, -0.2) is 0 Å². The zero-order chi connectivity index (χ0) is 26.1. The van der Waals surface area contributed by atoms with Crippen molar-refractivity contribution in [2.24, 2.45) is 4.99 Å². The number of nitrogens with zero attached hydrogens (tertiary/aromatic N) is 2. The molecule has 2 heterocycles. The fourth-order valence-corrected chi connectivity index (χ4v) is 3.68. The average molecular weight is 499 g/mol. The fourth-order valence-electron chi connectivity index (χ4n) is 3.47. The van der Waals surface area contributed by atoms with Gasteiger partial charge in [0, 0.05) is 34.5 Å². The van der Waals surface area contributed by atoms with Gasteiger partial charge in [-0.15, -0.1) is 6.42 Å². The number of amides is 1. The van der Waals surface area contributed by atoms with Crippen LogP contribution in [0.1, 0.15) is 44.2 Å². The molecule has 1 aromatic heterocycles. The number of hydrogen-bond acceptors (Lipinski definition) is 5. The van der Waals surface area contributed by atoms with E-state index in [1.807, 2.05) is 19.1 Å². The van der Waals surface area contributed by atoms with E-state index in [2.05, 4.69) is 27.3 Å². The van der Waals surface area contributed by atoms with E-state index in [9.17, 15) is 9.59 Å². The van der Waals surface area contributed by atoms with Gasteiger partial charge in [0.1, 0.15) is 0 Å². The summed E-state index contributed by atoms with van der Waals surface area (Å²) in [4.78, 5) is 33.6. The number of carbonyl (C=O) groups is 2. The van der Waals surface area contributed by atoms with Crippen molar-refractivity contribution in [3.63, 3.8) is 0 Å². The van der Waals surface area contributed by atoms with Gasteiger partial charge in [-0.05, 0) is 68.7 Å². The third-order valence-corrected chi connectivity index (χ3v) is 5.87. The van der Waals surface area contributed by atoms with Crippen molar-refractivity contribution in [3.8, 4) is 12.3 Å². The number of pyridine rings is 1. The Morgan fingerprint density at radius 1 is 1.28 bits per heavy atom. The van der Waals surface area contributed by atoms with Gasteiger partial charge in [0.15, 0.2) is 5.78 Å². The van der Waals surface area contributed by atoms with Gasteiger partial charge in [0.2, 0.25) is 0 Å². The van der Waals surface area contributed by atoms with E-state index in [1.165, 1.54) is 18.3 Å². The number of Topliss-reactive ketones (excluding diaryl/α,β-unsaturated/α-hetero) is 1. The number of aliphatic imine (C=N–C) groups is 1. The molecule has 0 saturated heterocycles. The van der Waals surface area contributed by atoms with Crippen LogP contribution in [0.2, 0.25) is 5.02 Å². The summed E-state index contributed by atoms with van der Waals surface area (Å²) in [5.41, 5.74) is 3.62. The van der Waals surface area contributed by atoms with Crippen LogP contribution in [0.15, 0.2) is 83.2 Å². The minimum atomic E-state index is -0.324. The summed E-state index contributed by atoms with van der Waals surface area (Å²) in [6.07, 6.45) is 16.8. The number of aromatic nitrogens is 1. The minimum absolute atomic E-state index is 0.0689. The smallest absolute Gasteiger partial charge is 0.251 e. The molecule has 3 rings (SSSR count). The molecule has 0 aliphatic carbocycles. The van der Waals surface area contributed by atoms with Crippen molar-refractivity contribution in [2.75, 3.05) is 5.32 Å². The molecule has 1 aliphatic rings. The molecule has 6 nitrogen and oxygen atoms in total. The number of rotatable bonds is 9. The van der Waals surface area contributed by atoms with Crippen LogP contribution in [0.5, 0.6) is 0 Å². The van der Waals surface area contributed by atoms with Crippen LogP contribution in [-0.4, -0.2) is 34.1 Å². The normalized spacial score (nSPS) is 15.6. The first-order valence-electron chi connectivity index (χ1n) is 11.5. The van der Waals surface area contributed by atoms with E-state index in [0.717, 1.165) is 17.7 Å². The molecule has 1 aliphatic heterocycles. The number of ketones is 1. The highest BCUT2D eigenvalue weighted by atomic mass is 35.5. The molecule has 0 radical (unpaired) electrons. The molecule has 1 aromatic carbocycles. The molecule has 182 valence electrons. The van der Waals surface area contributed by atoms with Crippen LogP contribution in [0.4, 0.5) is 5.69 Å². The van der Waals surface area contributed by atoms with Crippen molar-refractivity contribution >= 4 is 40.4 Å². The standard InChI is InChI=1S/C29H27ClN4O2/c1-4-21(11-10-19(2)29(36)34-23-8-6-16-32-18-23)28(35)15-14-26(31)22-12-13-25(30)24(17-22)27-9-5-7-20(3)33-27/h1,5-6,8-13,16-18,20,31H,7,14-15H2,2-3H3,(H,34,36)/b19-10+,21-11+,31-26?. The first-order chi connectivity index (χ1) is 17.3. The van der Waals surface area contributed by atoms with Gasteiger partial charge in [0.25, 0.3) is 5.91 Å². The summed E-state index contributed by atoms with van der Waals surface area (Å²) < 4.78 is 0. The molecule has 0 bridgehead atoms. The number of hydrogen-bond donors (Lipinski definition) is 2. The molecule has 0 spiro atoms. The molecule has 36 heavy (non-hydrogen) atoms. The van der Waals surface area contributed by atoms with Crippen LogP contribution >= 0.6 is 11.6 Å². The lowest BCUT2D eigenvalue weighted by Gasteiger charge is -2.14. The van der Waals surface area contributed by atoms with E-state index in [0.29, 0.717) is 27.6 Å². The number of benzene rings is 1. The van der Waals surface area contributed by atoms with Crippen LogP contribution < -0.4 is 5.32 Å². The van der Waals surface area contributed by atoms with Gasteiger partial charge in [-0.2, -0.15) is 0 Å². The monoisotopic (exact) mass is 498 g/mol. The number of carbonyl (C=O) groups excluding carboxylic acids is 2. The molecule has 2 N–H and O–H groups in total. The van der Waals surface area contributed by atoms with Gasteiger partial charge < -0.3 is 10.7 Å². The van der Waals surface area contributed by atoms with E-state index in [1.54, 1.807) is 37.4 Å². The average Bonchev–Trinajstić information content (AvgIpc) is 2.88. The lowest BCUT2D eigenvalue weighted by atomic mass is 9.97. The lowest BCUT2D eigenvalue weighted by Crippen LogP contribution is -2.12. The number of nitrogens with one attached hydrogen (secondary N) is 2. The zero-order valence-corrected chi connectivity index (χ0v) is 21.0. The molecule has 1 amide bonds. The summed E-state index contributed by atoms with van der Waals surface area (Å²) in [5, 5.41) is 11.8. The van der Waals surface area contributed by atoms with Crippen LogP contribution in [0.25, 0.3) is 0 Å². The predicted molar refractivity (Wildman–Crippen MR) is 146 cm³/mol. The van der Waals surface area contributed by atoms with E-state index >= 15 is 0 Å². The van der Waals surface area contributed by atoms with Crippen LogP contribution in [-0.2, 0) is 9.59 Å². The molecule has 1 atom stereocenters. The zero-order valence-electron chi connectivity index (χ0n) is 20.2. The Morgan fingerprint density at radius 2 is 2.08 bits per heavy atom. The summed E-state index contributed by atoms with van der Waals surface area (Å²) in [6, 6.07) is 8.96. The van der Waals surface area contributed by atoms with Crippen molar-refractivity contribution in [2.45, 2.75) is 39.2 Å². The summed E-state index contributed by atoms with van der Waals surface area (Å²) >= 11 is 6.39. The van der Waals surface area contributed by atoms with Crippen molar-refractivity contribution in [1.29, 1.82) is 5.41 Å². The third-order valence-electron chi connectivity index (χ3n) is 5.54. The Kier molecular flexibility index (Phi) is 9.26. The second kappa shape index (κ2) is 12.6. The molecule has 1 unspecified atom stereocenters. The summed E-state index contributed by atoms with van der Waals surface area (Å²) in [7, 11) is 0. The van der Waals surface area contributed by atoms with E-state index in [4.69, 9.17) is 23.4 Å². The van der Waals surface area contributed by atoms with Gasteiger partial charge in [0.05, 0.1) is 29.2 Å². The molecule has 0 fully saturated rings. The second-order valence-corrected chi connectivity index (χ2v) is 8.78. The Balaban J connectivity index is 1.64. The van der Waals surface area contributed by atoms with E-state index in [-0.39, 0.29) is 36.1 Å². The maximum Gasteiger partial charge on any atom is 0.251 e. The van der Waals surface area contributed by atoms with Crippen LogP contribution in [0.3, 0.4) is 0 Å². The predicted octanol–water partition coefficient (Wildman–Crippen LogP) is 5.73. The first kappa shape index (κ1) is 26.5. The molecule has 7 heteroatoms. The first-order valence-corrected chi connectivity index (χ1v) is 11.9. The van der Waals surface area contributed by atoms with Crippen LogP contribution in [0, 0.1) is 17.8 Å². The number of anilines is 1. The summed E-state index contributed by atoms with van der Waals surface area (Å²) in [6.45, 7) is 3.66. The Labute approximate surface area is 216 Å². The number of dihydropyridines is 1. The molecule has 0 saturated carbocycles. The maximum atomic E-state index is 12.7. The Bertz CT molecular complexity index is 1330. The molecular weight excluding hydrogens is 472 g/mol. The van der Waals surface area contributed by atoms with Crippen molar-refractivity contribution < 1.29 is 9.59 Å². The Morgan fingerprint density at radius 3 is 2.78 bits per heavy atom. The van der Waals surface area contributed by atoms with Crippen molar-refractivity contribution in [1.82, 2.24) is 4.98 Å². The SMILES string of the molecule is C#C/C(=C\C=C(/C)C(=O)Nc1cccnc1)C(=O)CCC(=N)c1ccc(Cl)c(C2=NC(C)CC=C2)c1. The molecule has 2 aromatic rings. The summed E-state index contributed by atoms with van der Waals surface area (Å²) in [5.74, 6) is 1.79. The quantitative estimate of drug-likeness (QED) is 0.200. The third kappa shape index (κ3) is 7.21. The Hall–Kier alpha value is -4.08. The highest BCUT2D eigenvalue weighted by Gasteiger charge is 2.15. The lowest BCUT2D eigenvalue weighted by molar-refractivity contribution is -0.115. The number of halogens is 1. The largest absolute Gasteiger partial charge is 0.321 e. The second-order valence-electron chi connectivity index (χ2n) is 8.37. The van der Waals surface area contributed by atoms with Gasteiger partial charge in [-0.3, -0.25) is 19.6 Å². The number of allylic oxidation sites excluding steroid dienone is 4. The number of terminal acetylenes is 1. The highest BCUT2D eigenvalue weighted by Crippen LogP contribution is 2.23. The maximum absolute atomic E-state index is 12.7. The highest BCUT2D eigenvalue weighted by molar-refractivity contribution is 6.35. The fraction of sp³-hybridized carbons (Fsp3) is 0.207. The topological polar surface area (TPSA) is 95.3 Å². The van der Waals surface area contributed by atoms with Gasteiger partial charge in [-0.1, -0.05) is 35.7 Å². The van der Waals surface area contributed by atoms with E-state index < -0.39 is 0 Å². The minimum Gasteiger partial charge on any atom is -0.321 e. The van der Waals surface area contributed by atoms with Gasteiger partial charge >= 0.3 is 0 Å².